The number of amides is 2. The second kappa shape index (κ2) is 7.46. The van der Waals surface area contributed by atoms with Gasteiger partial charge in [0.1, 0.15) is 0 Å². The zero-order valence-electron chi connectivity index (χ0n) is 15.1. The van der Waals surface area contributed by atoms with Gasteiger partial charge >= 0.3 is 6.03 Å². The molecule has 134 valence electrons. The van der Waals surface area contributed by atoms with Gasteiger partial charge in [-0.2, -0.15) is 0 Å². The lowest BCUT2D eigenvalue weighted by Gasteiger charge is -2.17. The maximum absolute atomic E-state index is 12.4. The van der Waals surface area contributed by atoms with Crippen LogP contribution in [0.2, 0.25) is 0 Å². The first-order valence-electron chi connectivity index (χ1n) is 9.07. The van der Waals surface area contributed by atoms with Crippen LogP contribution in [0.5, 0.6) is 0 Å². The highest BCUT2D eigenvalue weighted by Gasteiger charge is 2.12. The summed E-state index contributed by atoms with van der Waals surface area (Å²) in [7, 11) is 0. The Kier molecular flexibility index (Phi) is 4.71. The Balaban J connectivity index is 1.46. The first-order chi connectivity index (χ1) is 13.2. The predicted octanol–water partition coefficient (Wildman–Crippen LogP) is 4.95. The SMILES string of the molecule is CC(NC(=O)NCc1cccc2cccnc12)c1cccc2ccccc12. The highest BCUT2D eigenvalue weighted by atomic mass is 16.2. The first-order valence-corrected chi connectivity index (χ1v) is 9.07. The summed E-state index contributed by atoms with van der Waals surface area (Å²) in [6, 6.07) is 24.0. The van der Waals surface area contributed by atoms with Crippen LogP contribution in [0.4, 0.5) is 4.79 Å². The topological polar surface area (TPSA) is 54.0 Å². The molecule has 0 fully saturated rings. The summed E-state index contributed by atoms with van der Waals surface area (Å²) in [4.78, 5) is 16.9. The lowest BCUT2D eigenvalue weighted by Crippen LogP contribution is -2.36. The van der Waals surface area contributed by atoms with Crippen molar-refractivity contribution in [3.63, 3.8) is 0 Å². The first kappa shape index (κ1) is 17.0. The summed E-state index contributed by atoms with van der Waals surface area (Å²) in [5.41, 5.74) is 3.03. The molecule has 0 aliphatic heterocycles. The lowest BCUT2D eigenvalue weighted by atomic mass is 10.00. The van der Waals surface area contributed by atoms with E-state index < -0.39 is 0 Å². The van der Waals surface area contributed by atoms with E-state index in [-0.39, 0.29) is 12.1 Å². The molecule has 1 aromatic heterocycles. The van der Waals surface area contributed by atoms with Crippen molar-refractivity contribution in [2.75, 3.05) is 0 Å². The number of urea groups is 1. The monoisotopic (exact) mass is 355 g/mol. The Morgan fingerprint density at radius 3 is 2.59 bits per heavy atom. The van der Waals surface area contributed by atoms with Crippen LogP contribution in [-0.2, 0) is 6.54 Å². The van der Waals surface area contributed by atoms with Gasteiger partial charge in [0, 0.05) is 18.1 Å². The van der Waals surface area contributed by atoms with E-state index in [1.807, 2.05) is 55.5 Å². The number of carbonyl (C=O) groups is 1. The van der Waals surface area contributed by atoms with Crippen LogP contribution in [0.3, 0.4) is 0 Å². The lowest BCUT2D eigenvalue weighted by molar-refractivity contribution is 0.237. The molecule has 0 bridgehead atoms. The van der Waals surface area contributed by atoms with Crippen LogP contribution in [0.15, 0.2) is 79.0 Å². The molecule has 1 atom stereocenters. The maximum Gasteiger partial charge on any atom is 0.315 e. The number of para-hydroxylation sites is 1. The highest BCUT2D eigenvalue weighted by molar-refractivity contribution is 5.87. The number of rotatable bonds is 4. The summed E-state index contributed by atoms with van der Waals surface area (Å²) in [6.07, 6.45) is 1.77. The third-order valence-corrected chi connectivity index (χ3v) is 4.79. The van der Waals surface area contributed by atoms with Crippen molar-refractivity contribution in [3.8, 4) is 0 Å². The summed E-state index contributed by atoms with van der Waals surface area (Å²) >= 11 is 0. The molecule has 0 aliphatic carbocycles. The van der Waals surface area contributed by atoms with Gasteiger partial charge in [-0.1, -0.05) is 66.7 Å². The van der Waals surface area contributed by atoms with Crippen molar-refractivity contribution in [3.05, 3.63) is 90.1 Å². The van der Waals surface area contributed by atoms with E-state index in [0.717, 1.165) is 27.4 Å². The Bertz CT molecular complexity index is 1100. The van der Waals surface area contributed by atoms with Crippen LogP contribution in [-0.4, -0.2) is 11.0 Å². The fourth-order valence-electron chi connectivity index (χ4n) is 3.44. The van der Waals surface area contributed by atoms with Gasteiger partial charge in [0.05, 0.1) is 11.6 Å². The van der Waals surface area contributed by atoms with E-state index in [1.165, 1.54) is 5.39 Å². The number of benzene rings is 3. The van der Waals surface area contributed by atoms with Gasteiger partial charge in [0.15, 0.2) is 0 Å². The fraction of sp³-hybridized carbons (Fsp3) is 0.130. The molecule has 4 nitrogen and oxygen atoms in total. The second-order valence-corrected chi connectivity index (χ2v) is 6.61. The second-order valence-electron chi connectivity index (χ2n) is 6.61. The van der Waals surface area contributed by atoms with Crippen LogP contribution in [0, 0.1) is 0 Å². The summed E-state index contributed by atoms with van der Waals surface area (Å²) in [5, 5.41) is 9.39. The smallest absolute Gasteiger partial charge is 0.315 e. The number of fused-ring (bicyclic) bond motifs is 2. The van der Waals surface area contributed by atoms with Gasteiger partial charge in [0.2, 0.25) is 0 Å². The standard InChI is InChI=1S/C23H21N3O/c1-16(20-13-5-8-17-7-2-3-12-21(17)20)26-23(27)25-15-19-10-4-9-18-11-6-14-24-22(18)19/h2-14,16H,15H2,1H3,(H2,25,26,27). The van der Waals surface area contributed by atoms with Crippen molar-refractivity contribution in [2.45, 2.75) is 19.5 Å². The molecular formula is C23H21N3O. The zero-order valence-corrected chi connectivity index (χ0v) is 15.1. The van der Waals surface area contributed by atoms with Crippen molar-refractivity contribution >= 4 is 27.7 Å². The van der Waals surface area contributed by atoms with Gasteiger partial charge in [-0.15, -0.1) is 0 Å². The van der Waals surface area contributed by atoms with E-state index in [0.29, 0.717) is 6.54 Å². The summed E-state index contributed by atoms with van der Waals surface area (Å²) in [6.45, 7) is 2.43. The van der Waals surface area contributed by atoms with Gasteiger partial charge in [-0.05, 0) is 34.9 Å². The van der Waals surface area contributed by atoms with Crippen molar-refractivity contribution in [2.24, 2.45) is 0 Å². The van der Waals surface area contributed by atoms with Gasteiger partial charge in [-0.3, -0.25) is 4.98 Å². The summed E-state index contributed by atoms with van der Waals surface area (Å²) in [5.74, 6) is 0. The van der Waals surface area contributed by atoms with E-state index in [9.17, 15) is 4.79 Å². The maximum atomic E-state index is 12.4. The molecule has 3 aromatic carbocycles. The quantitative estimate of drug-likeness (QED) is 0.544. The Labute approximate surface area is 158 Å². The average molecular weight is 355 g/mol. The Morgan fingerprint density at radius 2 is 1.67 bits per heavy atom. The summed E-state index contributed by atoms with van der Waals surface area (Å²) < 4.78 is 0. The third kappa shape index (κ3) is 3.60. The van der Waals surface area contributed by atoms with E-state index >= 15 is 0 Å². The molecule has 0 aliphatic rings. The average Bonchev–Trinajstić information content (AvgIpc) is 2.71. The number of aromatic nitrogens is 1. The number of hydrogen-bond donors (Lipinski definition) is 2. The van der Waals surface area contributed by atoms with Gasteiger partial charge in [0.25, 0.3) is 0 Å². The molecule has 0 spiro atoms. The highest BCUT2D eigenvalue weighted by Crippen LogP contribution is 2.24. The molecule has 2 amide bonds. The van der Waals surface area contributed by atoms with E-state index in [2.05, 4.69) is 39.9 Å². The normalized spacial score (nSPS) is 12.0. The third-order valence-electron chi connectivity index (χ3n) is 4.79. The molecule has 0 saturated heterocycles. The van der Waals surface area contributed by atoms with Crippen molar-refractivity contribution in [1.82, 2.24) is 15.6 Å². The number of pyridine rings is 1. The number of nitrogens with zero attached hydrogens (tertiary/aromatic N) is 1. The zero-order chi connectivity index (χ0) is 18.6. The van der Waals surface area contributed by atoms with E-state index in [4.69, 9.17) is 0 Å². The van der Waals surface area contributed by atoms with Crippen molar-refractivity contribution in [1.29, 1.82) is 0 Å². The molecule has 0 saturated carbocycles. The van der Waals surface area contributed by atoms with Gasteiger partial charge < -0.3 is 10.6 Å². The van der Waals surface area contributed by atoms with Crippen molar-refractivity contribution < 1.29 is 4.79 Å². The molecule has 1 heterocycles. The minimum absolute atomic E-state index is 0.0956. The molecule has 27 heavy (non-hydrogen) atoms. The molecular weight excluding hydrogens is 334 g/mol. The fourth-order valence-corrected chi connectivity index (χ4v) is 3.44. The molecule has 4 aromatic rings. The Hall–Kier alpha value is -3.40. The number of nitrogens with one attached hydrogen (secondary N) is 2. The van der Waals surface area contributed by atoms with Gasteiger partial charge in [-0.25, -0.2) is 4.79 Å². The molecule has 4 heteroatoms. The number of carbonyl (C=O) groups excluding carboxylic acids is 1. The Morgan fingerprint density at radius 1 is 0.926 bits per heavy atom. The predicted molar refractivity (Wildman–Crippen MR) is 109 cm³/mol. The van der Waals surface area contributed by atoms with Crippen LogP contribution >= 0.6 is 0 Å². The van der Waals surface area contributed by atoms with E-state index in [1.54, 1.807) is 6.20 Å². The van der Waals surface area contributed by atoms with Crippen LogP contribution < -0.4 is 10.6 Å². The minimum Gasteiger partial charge on any atom is -0.334 e. The molecule has 4 rings (SSSR count). The largest absolute Gasteiger partial charge is 0.334 e. The molecule has 1 unspecified atom stereocenters. The molecule has 0 radical (unpaired) electrons. The molecule has 2 N–H and O–H groups in total. The van der Waals surface area contributed by atoms with Crippen LogP contribution in [0.1, 0.15) is 24.1 Å². The number of hydrogen-bond acceptors (Lipinski definition) is 2. The minimum atomic E-state index is -0.191. The van der Waals surface area contributed by atoms with Crippen LogP contribution in [0.25, 0.3) is 21.7 Å².